The summed E-state index contributed by atoms with van der Waals surface area (Å²) < 4.78 is 2.18. The molecular formula is C21H28IN5. The molecule has 2 N–H and O–H groups in total. The molecule has 0 aliphatic heterocycles. The highest BCUT2D eigenvalue weighted by Gasteiger charge is 2.03. The maximum Gasteiger partial charge on any atom is 0.191 e. The predicted octanol–water partition coefficient (Wildman–Crippen LogP) is 4.17. The molecule has 0 unspecified atom stereocenters. The number of aromatic nitrogens is 2. The second-order valence-corrected chi connectivity index (χ2v) is 6.30. The van der Waals surface area contributed by atoms with E-state index in [1.807, 2.05) is 18.5 Å². The number of benzene rings is 2. The summed E-state index contributed by atoms with van der Waals surface area (Å²) in [5, 5.41) is 6.60. The molecule has 5 nitrogen and oxygen atoms in total. The molecular weight excluding hydrogens is 449 g/mol. The molecule has 0 bridgehead atoms. The minimum atomic E-state index is 0. The minimum absolute atomic E-state index is 0. The van der Waals surface area contributed by atoms with Crippen molar-refractivity contribution in [3.63, 3.8) is 0 Å². The van der Waals surface area contributed by atoms with Crippen molar-refractivity contribution in [2.24, 2.45) is 4.99 Å². The highest BCUT2D eigenvalue weighted by molar-refractivity contribution is 14.0. The maximum absolute atomic E-state index is 4.65. The standard InChI is InChI=1S/C21H27N5.HI/c1-3-13-23-21(22-4-2)24-14-17-9-11-18(12-10-17)15-26-16-25-19-7-5-6-8-20(19)26;/h5-12,16H,3-4,13-15H2,1-2H3,(H2,22,23,24);1H. The average Bonchev–Trinajstić information content (AvgIpc) is 3.08. The van der Waals surface area contributed by atoms with Gasteiger partial charge in [-0.2, -0.15) is 0 Å². The highest BCUT2D eigenvalue weighted by Crippen LogP contribution is 2.14. The molecule has 3 rings (SSSR count). The van der Waals surface area contributed by atoms with Crippen molar-refractivity contribution in [3.8, 4) is 0 Å². The summed E-state index contributed by atoms with van der Waals surface area (Å²) in [4.78, 5) is 9.10. The SMILES string of the molecule is CCCNC(=NCc1ccc(Cn2cnc3ccccc32)cc1)NCC.I. The lowest BCUT2D eigenvalue weighted by molar-refractivity contribution is 0.785. The molecule has 0 amide bonds. The first-order valence-electron chi connectivity index (χ1n) is 9.30. The molecule has 0 atom stereocenters. The second kappa shape index (κ2) is 10.9. The fraction of sp³-hybridized carbons (Fsp3) is 0.333. The van der Waals surface area contributed by atoms with Crippen LogP contribution in [0.15, 0.2) is 59.9 Å². The zero-order chi connectivity index (χ0) is 18.2. The number of nitrogens with one attached hydrogen (secondary N) is 2. The van der Waals surface area contributed by atoms with E-state index in [9.17, 15) is 0 Å². The van der Waals surface area contributed by atoms with E-state index in [-0.39, 0.29) is 24.0 Å². The van der Waals surface area contributed by atoms with Crippen LogP contribution in [0.25, 0.3) is 11.0 Å². The molecule has 0 aliphatic carbocycles. The number of aliphatic imine (C=N–C) groups is 1. The van der Waals surface area contributed by atoms with Crippen LogP contribution in [0.5, 0.6) is 0 Å². The number of para-hydroxylation sites is 2. The van der Waals surface area contributed by atoms with E-state index >= 15 is 0 Å². The largest absolute Gasteiger partial charge is 0.357 e. The van der Waals surface area contributed by atoms with Gasteiger partial charge in [0, 0.05) is 19.6 Å². The summed E-state index contributed by atoms with van der Waals surface area (Å²) in [6.45, 7) is 7.53. The van der Waals surface area contributed by atoms with Gasteiger partial charge in [0.2, 0.25) is 0 Å². The van der Waals surface area contributed by atoms with Crippen molar-refractivity contribution in [3.05, 3.63) is 66.0 Å². The lowest BCUT2D eigenvalue weighted by Gasteiger charge is -2.10. The molecule has 6 heteroatoms. The van der Waals surface area contributed by atoms with Crippen LogP contribution in [0.4, 0.5) is 0 Å². The number of rotatable bonds is 7. The molecule has 0 radical (unpaired) electrons. The number of hydrogen-bond acceptors (Lipinski definition) is 2. The molecule has 0 fully saturated rings. The van der Waals surface area contributed by atoms with Gasteiger partial charge in [-0.25, -0.2) is 9.98 Å². The zero-order valence-corrected chi connectivity index (χ0v) is 18.3. The first-order chi connectivity index (χ1) is 12.8. The lowest BCUT2D eigenvalue weighted by atomic mass is 10.1. The van der Waals surface area contributed by atoms with Crippen LogP contribution in [0.1, 0.15) is 31.4 Å². The molecule has 144 valence electrons. The Bertz CT molecular complexity index is 854. The number of guanidine groups is 1. The molecule has 1 heterocycles. The third-order valence-corrected chi connectivity index (χ3v) is 4.21. The Morgan fingerprint density at radius 3 is 2.48 bits per heavy atom. The van der Waals surface area contributed by atoms with Crippen molar-refractivity contribution in [1.82, 2.24) is 20.2 Å². The molecule has 0 saturated carbocycles. The monoisotopic (exact) mass is 477 g/mol. The summed E-state index contributed by atoms with van der Waals surface area (Å²) in [6.07, 6.45) is 2.99. The van der Waals surface area contributed by atoms with E-state index in [0.717, 1.165) is 37.5 Å². The van der Waals surface area contributed by atoms with Gasteiger partial charge >= 0.3 is 0 Å². The van der Waals surface area contributed by atoms with Gasteiger partial charge in [0.15, 0.2) is 5.96 Å². The Morgan fingerprint density at radius 2 is 1.74 bits per heavy atom. The van der Waals surface area contributed by atoms with Gasteiger partial charge in [-0.1, -0.05) is 43.3 Å². The third-order valence-electron chi connectivity index (χ3n) is 4.21. The van der Waals surface area contributed by atoms with E-state index in [0.29, 0.717) is 6.54 Å². The Morgan fingerprint density at radius 1 is 1.00 bits per heavy atom. The number of halogens is 1. The van der Waals surface area contributed by atoms with Gasteiger partial charge in [0.1, 0.15) is 0 Å². The molecule has 3 aromatic rings. The number of nitrogens with zero attached hydrogens (tertiary/aromatic N) is 3. The fourth-order valence-electron chi connectivity index (χ4n) is 2.84. The highest BCUT2D eigenvalue weighted by atomic mass is 127. The van der Waals surface area contributed by atoms with Gasteiger partial charge < -0.3 is 15.2 Å². The van der Waals surface area contributed by atoms with Gasteiger partial charge in [-0.05, 0) is 36.6 Å². The first-order valence-corrected chi connectivity index (χ1v) is 9.30. The predicted molar refractivity (Wildman–Crippen MR) is 124 cm³/mol. The quantitative estimate of drug-likeness (QED) is 0.305. The third kappa shape index (κ3) is 5.95. The number of imidazole rings is 1. The summed E-state index contributed by atoms with van der Waals surface area (Å²) in [5.41, 5.74) is 4.67. The van der Waals surface area contributed by atoms with E-state index < -0.39 is 0 Å². The summed E-state index contributed by atoms with van der Waals surface area (Å²) in [6, 6.07) is 16.9. The second-order valence-electron chi connectivity index (χ2n) is 6.30. The smallest absolute Gasteiger partial charge is 0.191 e. The van der Waals surface area contributed by atoms with E-state index in [2.05, 4.69) is 75.4 Å². The summed E-state index contributed by atoms with van der Waals surface area (Å²) >= 11 is 0. The van der Waals surface area contributed by atoms with Crippen molar-refractivity contribution in [1.29, 1.82) is 0 Å². The minimum Gasteiger partial charge on any atom is -0.357 e. The average molecular weight is 477 g/mol. The summed E-state index contributed by atoms with van der Waals surface area (Å²) in [5.74, 6) is 0.878. The lowest BCUT2D eigenvalue weighted by Crippen LogP contribution is -2.37. The molecule has 1 aromatic heterocycles. The number of fused-ring (bicyclic) bond motifs is 1. The zero-order valence-electron chi connectivity index (χ0n) is 16.0. The Hall–Kier alpha value is -2.09. The van der Waals surface area contributed by atoms with Crippen molar-refractivity contribution < 1.29 is 0 Å². The van der Waals surface area contributed by atoms with Crippen LogP contribution >= 0.6 is 24.0 Å². The number of hydrogen-bond donors (Lipinski definition) is 2. The van der Waals surface area contributed by atoms with E-state index in [1.54, 1.807) is 0 Å². The maximum atomic E-state index is 4.65. The van der Waals surface area contributed by atoms with E-state index in [4.69, 9.17) is 0 Å². The molecule has 0 spiro atoms. The molecule has 2 aromatic carbocycles. The molecule has 27 heavy (non-hydrogen) atoms. The van der Waals surface area contributed by atoms with Crippen molar-refractivity contribution in [2.75, 3.05) is 13.1 Å². The van der Waals surface area contributed by atoms with Gasteiger partial charge in [0.05, 0.1) is 23.9 Å². The van der Waals surface area contributed by atoms with Crippen LogP contribution < -0.4 is 10.6 Å². The van der Waals surface area contributed by atoms with Crippen LogP contribution in [0.3, 0.4) is 0 Å². The van der Waals surface area contributed by atoms with E-state index in [1.165, 1.54) is 16.6 Å². The topological polar surface area (TPSA) is 54.2 Å². The fourth-order valence-corrected chi connectivity index (χ4v) is 2.84. The van der Waals surface area contributed by atoms with Crippen LogP contribution in [0.2, 0.25) is 0 Å². The van der Waals surface area contributed by atoms with Gasteiger partial charge in [0.25, 0.3) is 0 Å². The van der Waals surface area contributed by atoms with Gasteiger partial charge in [-0.3, -0.25) is 0 Å². The van der Waals surface area contributed by atoms with Crippen molar-refractivity contribution in [2.45, 2.75) is 33.4 Å². The normalized spacial score (nSPS) is 11.3. The van der Waals surface area contributed by atoms with Crippen LogP contribution in [0, 0.1) is 0 Å². The van der Waals surface area contributed by atoms with Crippen LogP contribution in [-0.2, 0) is 13.1 Å². The van der Waals surface area contributed by atoms with Crippen LogP contribution in [-0.4, -0.2) is 28.6 Å². The van der Waals surface area contributed by atoms with Crippen molar-refractivity contribution >= 4 is 41.0 Å². The molecule has 0 saturated heterocycles. The Labute approximate surface area is 178 Å². The molecule has 0 aliphatic rings. The Balaban J connectivity index is 0.00000261. The van der Waals surface area contributed by atoms with Gasteiger partial charge in [-0.15, -0.1) is 24.0 Å². The first kappa shape index (κ1) is 21.2. The Kier molecular flexibility index (Phi) is 8.57. The summed E-state index contributed by atoms with van der Waals surface area (Å²) in [7, 11) is 0.